The van der Waals surface area contributed by atoms with Gasteiger partial charge in [-0.15, -0.1) is 0 Å². The van der Waals surface area contributed by atoms with Crippen molar-refractivity contribution in [1.82, 2.24) is 15.5 Å². The van der Waals surface area contributed by atoms with Gasteiger partial charge in [0, 0.05) is 31.6 Å². The van der Waals surface area contributed by atoms with Crippen molar-refractivity contribution in [3.63, 3.8) is 0 Å². The molecule has 0 aromatic heterocycles. The van der Waals surface area contributed by atoms with Gasteiger partial charge in [-0.25, -0.2) is 5.90 Å². The predicted octanol–water partition coefficient (Wildman–Crippen LogP) is 0.152. The quantitative estimate of drug-likeness (QED) is 0.243. The highest BCUT2D eigenvalue weighted by Crippen LogP contribution is 2.21. The molecule has 0 aliphatic carbocycles. The largest absolute Gasteiger partial charge is 0.356 e. The number of amides is 2. The molecule has 0 aromatic rings. The number of likely N-dealkylation sites (tertiary alicyclic amines) is 1. The summed E-state index contributed by atoms with van der Waals surface area (Å²) in [5.74, 6) is 4.81. The second-order valence-electron chi connectivity index (χ2n) is 5.98. The van der Waals surface area contributed by atoms with Crippen molar-refractivity contribution in [2.24, 2.45) is 5.90 Å². The molecular weight excluding hydrogens is 288 g/mol. The van der Waals surface area contributed by atoms with Crippen molar-refractivity contribution in [3.8, 4) is 0 Å². The van der Waals surface area contributed by atoms with E-state index in [9.17, 15) is 9.59 Å². The van der Waals surface area contributed by atoms with E-state index in [2.05, 4.69) is 34.2 Å². The van der Waals surface area contributed by atoms with Gasteiger partial charge in [-0.05, 0) is 33.1 Å². The molecule has 0 aromatic carbocycles. The number of nitrogens with two attached hydrogens (primary N) is 1. The molecule has 128 valence electrons. The maximum atomic E-state index is 12.0. The summed E-state index contributed by atoms with van der Waals surface area (Å²) < 4.78 is 0. The van der Waals surface area contributed by atoms with Crippen LogP contribution in [0.2, 0.25) is 0 Å². The average Bonchev–Trinajstić information content (AvgIpc) is 2.48. The molecule has 7 nitrogen and oxygen atoms in total. The Morgan fingerprint density at radius 3 is 2.41 bits per heavy atom. The molecule has 1 heterocycles. The zero-order valence-electron chi connectivity index (χ0n) is 13.8. The maximum absolute atomic E-state index is 12.0. The first-order chi connectivity index (χ1) is 10.5. The van der Waals surface area contributed by atoms with Gasteiger partial charge in [-0.1, -0.05) is 6.42 Å². The third kappa shape index (κ3) is 7.20. The number of carbonyl (C=O) groups excluding carboxylic acids is 2. The molecule has 0 bridgehead atoms. The lowest BCUT2D eigenvalue weighted by Gasteiger charge is -2.38. The molecule has 2 atom stereocenters. The molecule has 1 fully saturated rings. The van der Waals surface area contributed by atoms with Gasteiger partial charge in [0.05, 0.1) is 13.2 Å². The van der Waals surface area contributed by atoms with Crippen molar-refractivity contribution < 1.29 is 14.4 Å². The minimum atomic E-state index is -0.0722. The van der Waals surface area contributed by atoms with Gasteiger partial charge in [-0.2, -0.15) is 0 Å². The Morgan fingerprint density at radius 2 is 1.77 bits per heavy atom. The van der Waals surface area contributed by atoms with Crippen LogP contribution in [0, 0.1) is 0 Å². The first kappa shape index (κ1) is 18.9. The van der Waals surface area contributed by atoms with Crippen LogP contribution in [0.5, 0.6) is 0 Å². The monoisotopic (exact) mass is 318 g/mol. The molecule has 1 saturated heterocycles. The Bertz CT molecular complexity index is 342. The number of carbonyl (C=O) groups is 2. The van der Waals surface area contributed by atoms with Gasteiger partial charge in [0.15, 0.2) is 0 Å². The number of piperidine rings is 1. The van der Waals surface area contributed by atoms with Crippen LogP contribution in [0.25, 0.3) is 0 Å². The summed E-state index contributed by atoms with van der Waals surface area (Å²) in [6.45, 7) is 6.07. The number of nitrogens with zero attached hydrogens (tertiary/aromatic N) is 1. The molecule has 7 heteroatoms. The minimum absolute atomic E-state index is 0.00932. The molecule has 22 heavy (non-hydrogen) atoms. The minimum Gasteiger partial charge on any atom is -0.356 e. The highest BCUT2D eigenvalue weighted by Gasteiger charge is 2.26. The van der Waals surface area contributed by atoms with Crippen molar-refractivity contribution in [1.29, 1.82) is 0 Å². The van der Waals surface area contributed by atoms with Crippen LogP contribution in [0.1, 0.15) is 46.0 Å². The van der Waals surface area contributed by atoms with E-state index < -0.39 is 0 Å². The van der Waals surface area contributed by atoms with E-state index >= 15 is 0 Å². The second kappa shape index (κ2) is 10.5. The van der Waals surface area contributed by atoms with Gasteiger partial charge in [-0.3, -0.25) is 14.5 Å². The summed E-state index contributed by atoms with van der Waals surface area (Å²) in [5, 5.41) is 5.57. The topological polar surface area (TPSA) is 96.7 Å². The first-order valence-electron chi connectivity index (χ1n) is 8.15. The Morgan fingerprint density at radius 1 is 1.14 bits per heavy atom. The van der Waals surface area contributed by atoms with Gasteiger partial charge in [0.1, 0.15) is 0 Å². The van der Waals surface area contributed by atoms with Crippen LogP contribution in [0.15, 0.2) is 0 Å². The van der Waals surface area contributed by atoms with Crippen molar-refractivity contribution in [3.05, 3.63) is 0 Å². The van der Waals surface area contributed by atoms with E-state index in [0.29, 0.717) is 51.2 Å². The van der Waals surface area contributed by atoms with Gasteiger partial charge in [0.2, 0.25) is 11.8 Å². The number of hydrogen-bond acceptors (Lipinski definition) is 5. The SMILES string of the molecule is C[13C@@H]1CCC[13C@H]([13CH3])[15N]1CC(=O)NCCC(=O)NCCCON. The van der Waals surface area contributed by atoms with Crippen LogP contribution in [0.4, 0.5) is 0 Å². The molecule has 1 rings (SSSR count). The molecule has 2 amide bonds. The highest BCUT2D eigenvalue weighted by molar-refractivity contribution is 5.80. The summed E-state index contributed by atoms with van der Waals surface area (Å²) in [4.78, 5) is 30.2. The molecule has 0 spiro atoms. The normalized spacial score (nSPS) is 22.3. The van der Waals surface area contributed by atoms with E-state index in [0.717, 1.165) is 12.8 Å². The summed E-state index contributed by atoms with van der Waals surface area (Å²) in [6.07, 6.45) is 4.49. The lowest BCUT2D eigenvalue weighted by molar-refractivity contribution is -0.124. The first-order valence-corrected chi connectivity index (χ1v) is 8.15. The zero-order chi connectivity index (χ0) is 16.4. The number of nitrogens with one attached hydrogen (secondary N) is 2. The predicted molar refractivity (Wildman–Crippen MR) is 84.9 cm³/mol. The van der Waals surface area contributed by atoms with E-state index in [4.69, 9.17) is 5.90 Å². The Balaban J connectivity index is 2.13. The molecule has 1 aliphatic heterocycles. The fraction of sp³-hybridized carbons (Fsp3) is 0.867. The van der Waals surface area contributed by atoms with Crippen LogP contribution in [-0.2, 0) is 14.4 Å². The smallest absolute Gasteiger partial charge is 0.234 e. The average molecular weight is 318 g/mol. The second-order valence-corrected chi connectivity index (χ2v) is 5.98. The van der Waals surface area contributed by atoms with Crippen LogP contribution >= 0.6 is 0 Å². The van der Waals surface area contributed by atoms with Crippen molar-refractivity contribution in [2.45, 2.75) is 58.0 Å². The maximum Gasteiger partial charge on any atom is 0.234 e. The van der Waals surface area contributed by atoms with Gasteiger partial charge >= 0.3 is 0 Å². The molecule has 0 unspecified atom stereocenters. The third-order valence-electron chi connectivity index (χ3n) is 4.14. The summed E-state index contributed by atoms with van der Waals surface area (Å²) in [7, 11) is 0. The molecule has 0 saturated carbocycles. The van der Waals surface area contributed by atoms with E-state index in [1.165, 1.54) is 6.42 Å². The fourth-order valence-corrected chi connectivity index (χ4v) is 2.80. The molecule has 4 N–H and O–H groups in total. The number of hydrogen-bond donors (Lipinski definition) is 3. The van der Waals surface area contributed by atoms with E-state index in [1.807, 2.05) is 0 Å². The Hall–Kier alpha value is -1.18. The fourth-order valence-electron chi connectivity index (χ4n) is 2.80. The summed E-state index contributed by atoms with van der Waals surface area (Å²) >= 11 is 0. The molecule has 0 radical (unpaired) electrons. The molecule has 1 aliphatic rings. The third-order valence-corrected chi connectivity index (χ3v) is 4.14. The van der Waals surface area contributed by atoms with Crippen molar-refractivity contribution >= 4 is 11.8 Å². The summed E-state index contributed by atoms with van der Waals surface area (Å²) in [6, 6.07) is 0.894. The van der Waals surface area contributed by atoms with E-state index in [1.54, 1.807) is 0 Å². The molecular formula is C15H30N4O3. The summed E-state index contributed by atoms with van der Waals surface area (Å²) in [5.41, 5.74) is 0. The van der Waals surface area contributed by atoms with Gasteiger partial charge < -0.3 is 15.5 Å². The lowest BCUT2D eigenvalue weighted by Crippen LogP contribution is -2.49. The van der Waals surface area contributed by atoms with Crippen LogP contribution in [-0.4, -0.2) is 55.0 Å². The Kier molecular flexibility index (Phi) is 9.03. The van der Waals surface area contributed by atoms with Gasteiger partial charge in [0.25, 0.3) is 0 Å². The van der Waals surface area contributed by atoms with Crippen LogP contribution in [0.3, 0.4) is 0 Å². The Labute approximate surface area is 132 Å². The number of rotatable bonds is 9. The highest BCUT2D eigenvalue weighted by atomic mass is 16.6. The van der Waals surface area contributed by atoms with E-state index in [-0.39, 0.29) is 11.8 Å². The van der Waals surface area contributed by atoms with Crippen LogP contribution < -0.4 is 16.5 Å². The van der Waals surface area contributed by atoms with Crippen molar-refractivity contribution in [2.75, 3.05) is 26.2 Å². The lowest BCUT2D eigenvalue weighted by atomic mass is 10.3. The standard InChI is InChI=1S/C15H30N4O3/c1-12-5-3-6-13(2)19(12)11-15(21)18-9-7-14(20)17-8-4-10-22-16/h12-13H,3-11,16H2,1-2H3,(H,17,20)(H,18,21)/t12-,13+/i1+1,12+1,13+1,19+1/m0/s1. The zero-order valence-corrected chi connectivity index (χ0v) is 13.8.